The smallest absolute Gasteiger partial charge is 0.241 e. The maximum Gasteiger partial charge on any atom is 0.241 e. The van der Waals surface area contributed by atoms with Gasteiger partial charge in [0.15, 0.2) is 11.5 Å². The Morgan fingerprint density at radius 1 is 1.15 bits per heavy atom. The summed E-state index contributed by atoms with van der Waals surface area (Å²) in [6, 6.07) is 12.8. The number of sulfonamides is 1. The zero-order valence-corrected chi connectivity index (χ0v) is 20.8. The lowest BCUT2D eigenvalue weighted by Gasteiger charge is -2.33. The van der Waals surface area contributed by atoms with Crippen molar-refractivity contribution in [1.29, 1.82) is 0 Å². The number of hydrogen-bond acceptors (Lipinski definition) is 6. The highest BCUT2D eigenvalue weighted by molar-refractivity contribution is 7.92. The first-order valence-corrected chi connectivity index (χ1v) is 13.6. The highest BCUT2D eigenvalue weighted by atomic mass is 32.2. The molecule has 1 N–H and O–H groups in total. The van der Waals surface area contributed by atoms with Gasteiger partial charge in [0.1, 0.15) is 19.8 Å². The third-order valence-electron chi connectivity index (χ3n) is 6.29. The maximum absolute atomic E-state index is 12.8. The van der Waals surface area contributed by atoms with E-state index in [0.29, 0.717) is 36.3 Å². The monoisotopic (exact) mass is 487 g/mol. The summed E-state index contributed by atoms with van der Waals surface area (Å²) in [6.07, 6.45) is 3.56. The Bertz CT molecular complexity index is 1120. The van der Waals surface area contributed by atoms with Gasteiger partial charge in [0, 0.05) is 24.8 Å². The van der Waals surface area contributed by atoms with Crippen molar-refractivity contribution in [3.05, 3.63) is 48.0 Å². The number of piperidine rings is 1. The third-order valence-corrected chi connectivity index (χ3v) is 7.43. The van der Waals surface area contributed by atoms with E-state index >= 15 is 0 Å². The number of fused-ring (bicyclic) bond motifs is 1. The van der Waals surface area contributed by atoms with Crippen LogP contribution < -0.4 is 24.0 Å². The topological polar surface area (TPSA) is 88.2 Å². The van der Waals surface area contributed by atoms with Crippen molar-refractivity contribution in [2.75, 3.05) is 48.3 Å². The molecule has 2 heterocycles. The number of anilines is 2. The molecule has 0 bridgehead atoms. The van der Waals surface area contributed by atoms with Gasteiger partial charge in [-0.15, -0.1) is 0 Å². The Hall–Kier alpha value is -2.94. The van der Waals surface area contributed by atoms with Crippen LogP contribution in [0.1, 0.15) is 38.3 Å². The second-order valence-corrected chi connectivity index (χ2v) is 11.1. The molecule has 184 valence electrons. The van der Waals surface area contributed by atoms with Crippen LogP contribution in [0.5, 0.6) is 11.5 Å². The van der Waals surface area contributed by atoms with Crippen LogP contribution in [0.15, 0.2) is 42.5 Å². The first kappa shape index (κ1) is 24.2. The molecule has 0 saturated carbocycles. The molecular weight excluding hydrogens is 454 g/mol. The highest BCUT2D eigenvalue weighted by Crippen LogP contribution is 2.34. The van der Waals surface area contributed by atoms with Crippen LogP contribution in [-0.4, -0.2) is 53.4 Å². The molecule has 0 aromatic heterocycles. The normalized spacial score (nSPS) is 18.8. The van der Waals surface area contributed by atoms with Crippen molar-refractivity contribution in [2.45, 2.75) is 32.7 Å². The van der Waals surface area contributed by atoms with Gasteiger partial charge in [0.25, 0.3) is 0 Å². The minimum Gasteiger partial charge on any atom is -0.486 e. The van der Waals surface area contributed by atoms with Gasteiger partial charge in [-0.3, -0.25) is 9.10 Å². The highest BCUT2D eigenvalue weighted by Gasteiger charge is 2.24. The minimum absolute atomic E-state index is 0.261. The van der Waals surface area contributed by atoms with E-state index in [1.807, 2.05) is 19.1 Å². The molecule has 2 aromatic carbocycles. The number of carbonyl (C=O) groups is 1. The van der Waals surface area contributed by atoms with Gasteiger partial charge >= 0.3 is 0 Å². The second-order valence-electron chi connectivity index (χ2n) is 9.17. The number of carbonyl (C=O) groups excluding carboxylic acids is 1. The van der Waals surface area contributed by atoms with E-state index < -0.39 is 10.0 Å². The molecule has 1 fully saturated rings. The van der Waals surface area contributed by atoms with Gasteiger partial charge in [0.2, 0.25) is 15.9 Å². The van der Waals surface area contributed by atoms with E-state index in [9.17, 15) is 13.2 Å². The number of hydrogen-bond donors (Lipinski definition) is 1. The van der Waals surface area contributed by atoms with E-state index in [1.165, 1.54) is 18.5 Å². The molecular formula is C25H33N3O5S. The van der Waals surface area contributed by atoms with Crippen molar-refractivity contribution in [1.82, 2.24) is 5.32 Å². The van der Waals surface area contributed by atoms with Crippen LogP contribution in [0, 0.1) is 5.92 Å². The minimum atomic E-state index is -3.69. The Morgan fingerprint density at radius 2 is 1.85 bits per heavy atom. The largest absolute Gasteiger partial charge is 0.486 e. The lowest BCUT2D eigenvalue weighted by Crippen LogP contribution is -2.41. The molecule has 1 amide bonds. The Morgan fingerprint density at radius 3 is 2.53 bits per heavy atom. The average Bonchev–Trinajstić information content (AvgIpc) is 2.81. The summed E-state index contributed by atoms with van der Waals surface area (Å²) in [5.41, 5.74) is 2.51. The molecule has 0 radical (unpaired) electrons. The standard InChI is InChI=1S/C25H33N3O5S/c1-18-5-4-12-27(16-18)21-8-6-20(7-9-21)19(2)26-25(29)17-28(34(3,30)31)22-10-11-23-24(15-22)33-14-13-32-23/h6-11,15,18-19H,4-5,12-14,16-17H2,1-3H3,(H,26,29). The zero-order valence-electron chi connectivity index (χ0n) is 20.0. The first-order chi connectivity index (χ1) is 16.2. The van der Waals surface area contributed by atoms with Gasteiger partial charge in [-0.05, 0) is 55.5 Å². The maximum atomic E-state index is 12.8. The van der Waals surface area contributed by atoms with Crippen molar-refractivity contribution >= 4 is 27.3 Å². The van der Waals surface area contributed by atoms with Gasteiger partial charge in [-0.25, -0.2) is 8.42 Å². The Kier molecular flexibility index (Phi) is 7.21. The number of amides is 1. The lowest BCUT2D eigenvalue weighted by molar-refractivity contribution is -0.120. The number of benzene rings is 2. The summed E-state index contributed by atoms with van der Waals surface area (Å²) >= 11 is 0. The number of nitrogens with zero attached hydrogens (tertiary/aromatic N) is 2. The van der Waals surface area contributed by atoms with E-state index in [4.69, 9.17) is 9.47 Å². The average molecular weight is 488 g/mol. The van der Waals surface area contributed by atoms with Crippen molar-refractivity contribution in [3.63, 3.8) is 0 Å². The predicted octanol–water partition coefficient (Wildman–Crippen LogP) is 3.34. The summed E-state index contributed by atoms with van der Waals surface area (Å²) < 4.78 is 37.1. The predicted molar refractivity (Wildman–Crippen MR) is 133 cm³/mol. The van der Waals surface area contributed by atoms with Crippen LogP contribution in [-0.2, 0) is 14.8 Å². The summed E-state index contributed by atoms with van der Waals surface area (Å²) in [4.78, 5) is 15.2. The van der Waals surface area contributed by atoms with Crippen LogP contribution in [0.25, 0.3) is 0 Å². The van der Waals surface area contributed by atoms with Gasteiger partial charge in [0.05, 0.1) is 18.0 Å². The van der Waals surface area contributed by atoms with Crippen LogP contribution >= 0.6 is 0 Å². The summed E-state index contributed by atoms with van der Waals surface area (Å²) in [5, 5.41) is 2.92. The van der Waals surface area contributed by atoms with Crippen LogP contribution in [0.3, 0.4) is 0 Å². The molecule has 2 aliphatic heterocycles. The van der Waals surface area contributed by atoms with Crippen LogP contribution in [0.2, 0.25) is 0 Å². The molecule has 8 nitrogen and oxygen atoms in total. The fraction of sp³-hybridized carbons (Fsp3) is 0.480. The molecule has 0 aliphatic carbocycles. The van der Waals surface area contributed by atoms with Gasteiger partial charge < -0.3 is 19.7 Å². The molecule has 2 aliphatic rings. The molecule has 4 rings (SSSR count). The fourth-order valence-electron chi connectivity index (χ4n) is 4.49. The third kappa shape index (κ3) is 5.75. The second kappa shape index (κ2) is 10.1. The molecule has 2 atom stereocenters. The van der Waals surface area contributed by atoms with E-state index in [1.54, 1.807) is 18.2 Å². The van der Waals surface area contributed by atoms with Crippen molar-refractivity contribution in [2.24, 2.45) is 5.92 Å². The zero-order chi connectivity index (χ0) is 24.3. The van der Waals surface area contributed by atoms with Crippen molar-refractivity contribution < 1.29 is 22.7 Å². The molecule has 34 heavy (non-hydrogen) atoms. The molecule has 9 heteroatoms. The summed E-state index contributed by atoms with van der Waals surface area (Å²) in [6.45, 7) is 6.81. The molecule has 0 spiro atoms. The van der Waals surface area contributed by atoms with Crippen molar-refractivity contribution in [3.8, 4) is 11.5 Å². The van der Waals surface area contributed by atoms with Gasteiger partial charge in [-0.2, -0.15) is 0 Å². The fourth-order valence-corrected chi connectivity index (χ4v) is 5.33. The lowest BCUT2D eigenvalue weighted by atomic mass is 9.99. The Balaban J connectivity index is 1.41. The Labute approximate surface area is 201 Å². The van der Waals surface area contributed by atoms with E-state index in [0.717, 1.165) is 29.2 Å². The first-order valence-electron chi connectivity index (χ1n) is 11.7. The SMILES string of the molecule is CC1CCCN(c2ccc(C(C)NC(=O)CN(c3ccc4c(c3)OCCO4)S(C)(=O)=O)cc2)C1. The van der Waals surface area contributed by atoms with Gasteiger partial charge in [-0.1, -0.05) is 19.1 Å². The number of nitrogens with one attached hydrogen (secondary N) is 1. The van der Waals surface area contributed by atoms with E-state index in [2.05, 4.69) is 29.3 Å². The molecule has 1 saturated heterocycles. The summed E-state index contributed by atoms with van der Waals surface area (Å²) in [7, 11) is -3.69. The molecule has 2 unspecified atom stereocenters. The van der Waals surface area contributed by atoms with E-state index in [-0.39, 0.29) is 18.5 Å². The number of rotatable bonds is 7. The number of ether oxygens (including phenoxy) is 2. The quantitative estimate of drug-likeness (QED) is 0.645. The van der Waals surface area contributed by atoms with Crippen LogP contribution in [0.4, 0.5) is 11.4 Å². The molecule has 2 aromatic rings. The summed E-state index contributed by atoms with van der Waals surface area (Å²) in [5.74, 6) is 1.33.